The number of esters is 1. The van der Waals surface area contributed by atoms with Gasteiger partial charge in [0.25, 0.3) is 0 Å². The Morgan fingerprint density at radius 1 is 1.35 bits per heavy atom. The standard InChI is InChI=1S/C13H23NO3/c1-3-5-9-16-11-7-6-10(12(11)14)13(15)17-8-4-2/h11H,3-9,14H2,1-2H3. The van der Waals surface area contributed by atoms with E-state index in [0.29, 0.717) is 30.9 Å². The average Bonchev–Trinajstić information content (AvgIpc) is 2.68. The minimum absolute atomic E-state index is 0.0919. The molecule has 1 rings (SSSR count). The van der Waals surface area contributed by atoms with Crippen LogP contribution in [0, 0.1) is 0 Å². The predicted molar refractivity (Wildman–Crippen MR) is 66.3 cm³/mol. The molecule has 0 aromatic rings. The van der Waals surface area contributed by atoms with Crippen molar-refractivity contribution < 1.29 is 14.3 Å². The number of hydrogen-bond donors (Lipinski definition) is 1. The van der Waals surface area contributed by atoms with Gasteiger partial charge in [0.1, 0.15) is 0 Å². The van der Waals surface area contributed by atoms with Crippen LogP contribution in [0.25, 0.3) is 0 Å². The fourth-order valence-electron chi connectivity index (χ4n) is 1.81. The zero-order valence-electron chi connectivity index (χ0n) is 10.8. The van der Waals surface area contributed by atoms with E-state index in [9.17, 15) is 4.79 Å². The van der Waals surface area contributed by atoms with Crippen LogP contribution in [-0.4, -0.2) is 25.3 Å². The van der Waals surface area contributed by atoms with Crippen molar-refractivity contribution in [1.82, 2.24) is 0 Å². The normalized spacial score (nSPS) is 19.8. The fraction of sp³-hybridized carbons (Fsp3) is 0.769. The van der Waals surface area contributed by atoms with Crippen LogP contribution in [0.4, 0.5) is 0 Å². The van der Waals surface area contributed by atoms with Crippen molar-refractivity contribution in [2.45, 2.75) is 52.1 Å². The Labute approximate surface area is 103 Å². The number of carbonyl (C=O) groups excluding carboxylic acids is 1. The van der Waals surface area contributed by atoms with E-state index in [-0.39, 0.29) is 12.1 Å². The van der Waals surface area contributed by atoms with Gasteiger partial charge in [-0.05, 0) is 25.7 Å². The summed E-state index contributed by atoms with van der Waals surface area (Å²) in [7, 11) is 0. The largest absolute Gasteiger partial charge is 0.462 e. The third-order valence-corrected chi connectivity index (χ3v) is 2.85. The first-order valence-corrected chi connectivity index (χ1v) is 6.47. The number of hydrogen-bond acceptors (Lipinski definition) is 4. The van der Waals surface area contributed by atoms with Crippen molar-refractivity contribution in [3.63, 3.8) is 0 Å². The van der Waals surface area contributed by atoms with E-state index in [4.69, 9.17) is 15.2 Å². The number of unbranched alkanes of at least 4 members (excludes halogenated alkanes) is 1. The van der Waals surface area contributed by atoms with Crippen LogP contribution in [0.1, 0.15) is 46.0 Å². The lowest BCUT2D eigenvalue weighted by Crippen LogP contribution is -2.20. The second-order valence-corrected chi connectivity index (χ2v) is 4.32. The Bertz CT molecular complexity index is 286. The van der Waals surface area contributed by atoms with Crippen LogP contribution in [0.2, 0.25) is 0 Å². The molecule has 1 unspecified atom stereocenters. The first-order chi connectivity index (χ1) is 8.20. The molecule has 0 aromatic carbocycles. The molecule has 0 heterocycles. The van der Waals surface area contributed by atoms with Gasteiger partial charge in [0, 0.05) is 12.3 Å². The summed E-state index contributed by atoms with van der Waals surface area (Å²) in [6.07, 6.45) is 4.33. The Hall–Kier alpha value is -1.03. The van der Waals surface area contributed by atoms with Crippen LogP contribution in [0.3, 0.4) is 0 Å². The van der Waals surface area contributed by atoms with Crippen LogP contribution in [0.15, 0.2) is 11.3 Å². The number of rotatable bonds is 7. The molecule has 0 aromatic heterocycles. The first kappa shape index (κ1) is 14.0. The molecule has 4 heteroatoms. The maximum Gasteiger partial charge on any atom is 0.335 e. The first-order valence-electron chi connectivity index (χ1n) is 6.47. The lowest BCUT2D eigenvalue weighted by Gasteiger charge is -2.12. The lowest BCUT2D eigenvalue weighted by molar-refractivity contribution is -0.139. The van der Waals surface area contributed by atoms with E-state index in [1.165, 1.54) is 0 Å². The zero-order chi connectivity index (χ0) is 12.7. The van der Waals surface area contributed by atoms with Crippen molar-refractivity contribution in [2.24, 2.45) is 5.73 Å². The molecule has 1 aliphatic carbocycles. The number of nitrogens with two attached hydrogens (primary N) is 1. The molecule has 4 nitrogen and oxygen atoms in total. The van der Waals surface area contributed by atoms with Crippen molar-refractivity contribution in [3.05, 3.63) is 11.3 Å². The smallest absolute Gasteiger partial charge is 0.335 e. The van der Waals surface area contributed by atoms with E-state index >= 15 is 0 Å². The molecule has 0 bridgehead atoms. The summed E-state index contributed by atoms with van der Waals surface area (Å²) in [6.45, 7) is 5.25. The topological polar surface area (TPSA) is 61.5 Å². The summed E-state index contributed by atoms with van der Waals surface area (Å²) in [5, 5.41) is 0. The van der Waals surface area contributed by atoms with E-state index < -0.39 is 0 Å². The molecular weight excluding hydrogens is 218 g/mol. The Morgan fingerprint density at radius 3 is 2.76 bits per heavy atom. The highest BCUT2D eigenvalue weighted by Crippen LogP contribution is 2.26. The van der Waals surface area contributed by atoms with E-state index in [1.807, 2.05) is 6.92 Å². The maximum absolute atomic E-state index is 11.7. The van der Waals surface area contributed by atoms with E-state index in [0.717, 1.165) is 25.7 Å². The molecule has 0 saturated heterocycles. The van der Waals surface area contributed by atoms with Gasteiger partial charge in [0.2, 0.25) is 0 Å². The molecule has 0 aliphatic heterocycles. The zero-order valence-corrected chi connectivity index (χ0v) is 10.8. The van der Waals surface area contributed by atoms with Crippen molar-refractivity contribution >= 4 is 5.97 Å². The van der Waals surface area contributed by atoms with Crippen LogP contribution < -0.4 is 5.73 Å². The van der Waals surface area contributed by atoms with Crippen molar-refractivity contribution in [3.8, 4) is 0 Å². The van der Waals surface area contributed by atoms with Gasteiger partial charge in [-0.2, -0.15) is 0 Å². The molecule has 2 N–H and O–H groups in total. The highest BCUT2D eigenvalue weighted by atomic mass is 16.5. The SMILES string of the molecule is CCCCOC1CCC(C(=O)OCCC)=C1N. The molecule has 98 valence electrons. The molecule has 1 aliphatic rings. The summed E-state index contributed by atoms with van der Waals surface area (Å²) in [6, 6.07) is 0. The summed E-state index contributed by atoms with van der Waals surface area (Å²) < 4.78 is 10.7. The van der Waals surface area contributed by atoms with Gasteiger partial charge in [0.15, 0.2) is 0 Å². The highest BCUT2D eigenvalue weighted by Gasteiger charge is 2.28. The fourth-order valence-corrected chi connectivity index (χ4v) is 1.81. The molecule has 0 saturated carbocycles. The van der Waals surface area contributed by atoms with E-state index in [2.05, 4.69) is 6.92 Å². The molecule has 1 atom stereocenters. The third kappa shape index (κ3) is 4.04. The quantitative estimate of drug-likeness (QED) is 0.548. The molecule has 0 spiro atoms. The van der Waals surface area contributed by atoms with Crippen LogP contribution >= 0.6 is 0 Å². The number of carbonyl (C=O) groups is 1. The molecular formula is C13H23NO3. The van der Waals surface area contributed by atoms with Gasteiger partial charge in [-0.3, -0.25) is 0 Å². The minimum atomic E-state index is -0.272. The monoisotopic (exact) mass is 241 g/mol. The van der Waals surface area contributed by atoms with Gasteiger partial charge in [-0.25, -0.2) is 4.79 Å². The molecule has 17 heavy (non-hydrogen) atoms. The van der Waals surface area contributed by atoms with Crippen LogP contribution in [-0.2, 0) is 14.3 Å². The Kier molecular flexibility index (Phi) is 6.05. The summed E-state index contributed by atoms with van der Waals surface area (Å²) >= 11 is 0. The molecule has 0 amide bonds. The number of ether oxygens (including phenoxy) is 2. The molecule has 0 radical (unpaired) electrons. The summed E-state index contributed by atoms with van der Waals surface area (Å²) in [5.41, 5.74) is 7.11. The van der Waals surface area contributed by atoms with E-state index in [1.54, 1.807) is 0 Å². The van der Waals surface area contributed by atoms with Crippen molar-refractivity contribution in [1.29, 1.82) is 0 Å². The Morgan fingerprint density at radius 2 is 2.12 bits per heavy atom. The summed E-state index contributed by atoms with van der Waals surface area (Å²) in [4.78, 5) is 11.7. The minimum Gasteiger partial charge on any atom is -0.462 e. The lowest BCUT2D eigenvalue weighted by atomic mass is 10.2. The van der Waals surface area contributed by atoms with Crippen molar-refractivity contribution in [2.75, 3.05) is 13.2 Å². The third-order valence-electron chi connectivity index (χ3n) is 2.85. The predicted octanol–water partition coefficient (Wildman–Crippen LogP) is 2.13. The van der Waals surface area contributed by atoms with Gasteiger partial charge in [0.05, 0.1) is 18.3 Å². The van der Waals surface area contributed by atoms with Gasteiger partial charge >= 0.3 is 5.97 Å². The second-order valence-electron chi connectivity index (χ2n) is 4.32. The maximum atomic E-state index is 11.7. The Balaban J connectivity index is 2.46. The summed E-state index contributed by atoms with van der Waals surface area (Å²) in [5.74, 6) is -0.272. The highest BCUT2D eigenvalue weighted by molar-refractivity contribution is 5.90. The van der Waals surface area contributed by atoms with Crippen LogP contribution in [0.5, 0.6) is 0 Å². The van der Waals surface area contributed by atoms with Gasteiger partial charge in [-0.15, -0.1) is 0 Å². The van der Waals surface area contributed by atoms with Gasteiger partial charge < -0.3 is 15.2 Å². The molecule has 0 fully saturated rings. The van der Waals surface area contributed by atoms with Gasteiger partial charge in [-0.1, -0.05) is 20.3 Å². The second kappa shape index (κ2) is 7.33. The average molecular weight is 241 g/mol.